The predicted molar refractivity (Wildman–Crippen MR) is 174 cm³/mol. The molecular weight excluding hydrogens is 572 g/mol. The Labute approximate surface area is 260 Å². The van der Waals surface area contributed by atoms with E-state index < -0.39 is 6.04 Å². The fraction of sp³-hybridized carbons (Fsp3) is 0.382. The molecule has 0 aliphatic heterocycles. The molecule has 224 valence electrons. The minimum atomic E-state index is -0.429. The third-order valence-electron chi connectivity index (χ3n) is 8.98. The number of nitriles is 1. The topological polar surface area (TPSA) is 113 Å². The highest BCUT2D eigenvalue weighted by Gasteiger charge is 2.56. The molecule has 44 heavy (non-hydrogen) atoms. The van der Waals surface area contributed by atoms with E-state index in [0.717, 1.165) is 40.6 Å². The van der Waals surface area contributed by atoms with Crippen molar-refractivity contribution in [1.29, 1.82) is 5.26 Å². The Kier molecular flexibility index (Phi) is 6.67. The van der Waals surface area contributed by atoms with Crippen LogP contribution in [0.1, 0.15) is 69.3 Å². The third kappa shape index (κ3) is 4.97. The van der Waals surface area contributed by atoms with Crippen molar-refractivity contribution in [3.63, 3.8) is 0 Å². The lowest BCUT2D eigenvalue weighted by molar-refractivity contribution is 0.371. The summed E-state index contributed by atoms with van der Waals surface area (Å²) in [6, 6.07) is 13.5. The van der Waals surface area contributed by atoms with Crippen molar-refractivity contribution in [2.75, 3.05) is 17.2 Å². The monoisotopic (exact) mass is 606 g/mol. The smallest absolute Gasteiger partial charge is 0.258 e. The second kappa shape index (κ2) is 10.3. The number of aromatic nitrogens is 5. The van der Waals surface area contributed by atoms with Crippen LogP contribution in [0.25, 0.3) is 21.7 Å². The summed E-state index contributed by atoms with van der Waals surface area (Å²) in [5.74, 6) is 0.671. The van der Waals surface area contributed by atoms with Crippen LogP contribution in [-0.4, -0.2) is 31.1 Å². The first-order valence-electron chi connectivity index (χ1n) is 15.1. The third-order valence-corrected chi connectivity index (χ3v) is 9.27. The molecule has 0 radical (unpaired) electrons. The van der Waals surface area contributed by atoms with Crippen molar-refractivity contribution in [2.45, 2.75) is 58.0 Å². The highest BCUT2D eigenvalue weighted by Crippen LogP contribution is 2.59. The molecule has 2 aliphatic rings. The van der Waals surface area contributed by atoms with Crippen LogP contribution in [0.4, 0.5) is 11.4 Å². The molecular formula is C34H35ClN8O. The molecule has 2 saturated carbocycles. The van der Waals surface area contributed by atoms with Crippen LogP contribution in [0.5, 0.6) is 0 Å². The summed E-state index contributed by atoms with van der Waals surface area (Å²) in [5.41, 5.74) is 4.20. The van der Waals surface area contributed by atoms with E-state index in [2.05, 4.69) is 58.6 Å². The van der Waals surface area contributed by atoms with E-state index in [9.17, 15) is 10.1 Å². The molecule has 0 spiro atoms. The summed E-state index contributed by atoms with van der Waals surface area (Å²) in [4.78, 5) is 17.6. The van der Waals surface area contributed by atoms with Gasteiger partial charge in [-0.05, 0) is 72.2 Å². The summed E-state index contributed by atoms with van der Waals surface area (Å²) in [6.45, 7) is 7.08. The van der Waals surface area contributed by atoms with E-state index in [1.54, 1.807) is 24.0 Å². The van der Waals surface area contributed by atoms with Crippen molar-refractivity contribution in [2.24, 2.45) is 18.4 Å². The van der Waals surface area contributed by atoms with Gasteiger partial charge >= 0.3 is 0 Å². The van der Waals surface area contributed by atoms with Gasteiger partial charge in [0.1, 0.15) is 11.8 Å². The summed E-state index contributed by atoms with van der Waals surface area (Å²) in [6.07, 6.45) is 10.2. The minimum absolute atomic E-state index is 0.0102. The Bertz CT molecular complexity index is 2020. The van der Waals surface area contributed by atoms with E-state index >= 15 is 0 Å². The lowest BCUT2D eigenvalue weighted by atomic mass is 9.96. The SMILES string of the molecule is Cn1ccc2c([C@H](Nc3cc(Cl)c4ncc(C#N)c(NCC(C)(C)C)c4c3)c3cn(C4(C5CC5)CC4)nn3)cccc2c1=O. The maximum atomic E-state index is 13.1. The van der Waals surface area contributed by atoms with Gasteiger partial charge in [0.05, 0.1) is 39.6 Å². The number of anilines is 2. The van der Waals surface area contributed by atoms with Crippen molar-refractivity contribution in [1.82, 2.24) is 24.5 Å². The second-order valence-corrected chi connectivity index (χ2v) is 13.9. The maximum Gasteiger partial charge on any atom is 0.258 e. The molecule has 7 rings (SSSR count). The van der Waals surface area contributed by atoms with Crippen LogP contribution in [-0.2, 0) is 12.6 Å². The van der Waals surface area contributed by atoms with Gasteiger partial charge in [-0.25, -0.2) is 4.68 Å². The van der Waals surface area contributed by atoms with Crippen LogP contribution in [0.2, 0.25) is 5.02 Å². The lowest BCUT2D eigenvalue weighted by Gasteiger charge is -2.23. The van der Waals surface area contributed by atoms with Crippen molar-refractivity contribution >= 4 is 44.7 Å². The summed E-state index contributed by atoms with van der Waals surface area (Å²) in [5, 5.41) is 29.1. The highest BCUT2D eigenvalue weighted by atomic mass is 35.5. The molecule has 0 bridgehead atoms. The molecule has 10 heteroatoms. The maximum absolute atomic E-state index is 13.1. The van der Waals surface area contributed by atoms with E-state index in [0.29, 0.717) is 39.6 Å². The van der Waals surface area contributed by atoms with Crippen LogP contribution in [0.3, 0.4) is 0 Å². The number of hydrogen-bond acceptors (Lipinski definition) is 7. The summed E-state index contributed by atoms with van der Waals surface area (Å²) < 4.78 is 3.66. The zero-order chi connectivity index (χ0) is 30.8. The number of rotatable bonds is 8. The molecule has 2 aliphatic carbocycles. The van der Waals surface area contributed by atoms with Crippen LogP contribution in [0, 0.1) is 22.7 Å². The average Bonchev–Trinajstić information content (AvgIpc) is 3.93. The Morgan fingerprint density at radius 3 is 2.66 bits per heavy atom. The van der Waals surface area contributed by atoms with Gasteiger partial charge in [0, 0.05) is 42.4 Å². The first kappa shape index (κ1) is 28.4. The molecule has 0 saturated heterocycles. The first-order chi connectivity index (χ1) is 21.1. The average molecular weight is 607 g/mol. The molecule has 0 unspecified atom stereocenters. The zero-order valence-corrected chi connectivity index (χ0v) is 26.1. The molecule has 0 amide bonds. The number of hydrogen-bond donors (Lipinski definition) is 2. The van der Waals surface area contributed by atoms with Gasteiger partial charge in [0.25, 0.3) is 5.56 Å². The number of fused-ring (bicyclic) bond motifs is 2. The largest absolute Gasteiger partial charge is 0.383 e. The quantitative estimate of drug-likeness (QED) is 0.200. The fourth-order valence-corrected chi connectivity index (χ4v) is 6.57. The van der Waals surface area contributed by atoms with Crippen molar-refractivity contribution in [3.05, 3.63) is 87.2 Å². The zero-order valence-electron chi connectivity index (χ0n) is 25.4. The Balaban J connectivity index is 1.37. The number of nitrogens with one attached hydrogen (secondary N) is 2. The van der Waals surface area contributed by atoms with Gasteiger partial charge < -0.3 is 15.2 Å². The minimum Gasteiger partial charge on any atom is -0.383 e. The second-order valence-electron chi connectivity index (χ2n) is 13.5. The standard InChI is InChI=1S/C34H35ClN8O/c1-33(2,3)19-38-29-20(16-36)17-37-30-26(29)14-22(15-27(30)35)39-31(24-6-5-7-25-23(24)10-13-42(4)32(25)44)28-18-43(41-40-28)34(11-12-34)21-8-9-21/h5-7,10,13-15,17-18,21,31,39H,8-9,11-12,19H2,1-4H3,(H,37,38)/t31-/m0/s1. The van der Waals surface area contributed by atoms with Crippen LogP contribution < -0.4 is 16.2 Å². The van der Waals surface area contributed by atoms with Gasteiger partial charge in [-0.15, -0.1) is 5.10 Å². The molecule has 3 aromatic heterocycles. The summed E-state index contributed by atoms with van der Waals surface area (Å²) >= 11 is 6.85. The van der Waals surface area contributed by atoms with E-state index in [4.69, 9.17) is 16.7 Å². The number of aryl methyl sites for hydroxylation is 1. The first-order valence-corrected chi connectivity index (χ1v) is 15.5. The number of benzene rings is 2. The van der Waals surface area contributed by atoms with Gasteiger partial charge in [-0.3, -0.25) is 9.78 Å². The molecule has 9 nitrogen and oxygen atoms in total. The molecule has 1 atom stereocenters. The summed E-state index contributed by atoms with van der Waals surface area (Å²) in [7, 11) is 1.76. The van der Waals surface area contributed by atoms with Gasteiger partial charge in [0.15, 0.2) is 0 Å². The lowest BCUT2D eigenvalue weighted by Crippen LogP contribution is -2.20. The van der Waals surface area contributed by atoms with Crippen LogP contribution in [0.15, 0.2) is 59.8 Å². The number of nitrogens with zero attached hydrogens (tertiary/aromatic N) is 6. The molecule has 2 fully saturated rings. The normalized spacial score (nSPS) is 16.5. The Hall–Kier alpha value is -4.42. The molecule has 3 heterocycles. The Morgan fingerprint density at radius 1 is 1.16 bits per heavy atom. The fourth-order valence-electron chi connectivity index (χ4n) is 6.30. The number of pyridine rings is 2. The van der Waals surface area contributed by atoms with Gasteiger partial charge in [-0.1, -0.05) is 49.7 Å². The Morgan fingerprint density at radius 2 is 1.95 bits per heavy atom. The predicted octanol–water partition coefficient (Wildman–Crippen LogP) is 6.76. The van der Waals surface area contributed by atoms with E-state index in [1.807, 2.05) is 36.4 Å². The van der Waals surface area contributed by atoms with Crippen molar-refractivity contribution in [3.8, 4) is 6.07 Å². The molecule has 2 aromatic carbocycles. The van der Waals surface area contributed by atoms with Gasteiger partial charge in [0.2, 0.25) is 0 Å². The molecule has 2 N–H and O–H groups in total. The van der Waals surface area contributed by atoms with Crippen molar-refractivity contribution < 1.29 is 0 Å². The van der Waals surface area contributed by atoms with E-state index in [-0.39, 0.29) is 16.5 Å². The van der Waals surface area contributed by atoms with E-state index in [1.165, 1.54) is 12.8 Å². The van der Waals surface area contributed by atoms with Gasteiger partial charge in [-0.2, -0.15) is 5.26 Å². The molecule has 5 aromatic rings. The number of halogens is 1. The van der Waals surface area contributed by atoms with Crippen LogP contribution >= 0.6 is 11.6 Å². The highest BCUT2D eigenvalue weighted by molar-refractivity contribution is 6.35.